The molecule has 0 spiro atoms. The van der Waals surface area contributed by atoms with Crippen LogP contribution in [0.5, 0.6) is 11.5 Å². The van der Waals surface area contributed by atoms with Gasteiger partial charge >= 0.3 is 0 Å². The molecule has 0 saturated carbocycles. The first-order chi connectivity index (χ1) is 13.7. The largest absolute Gasteiger partial charge is 0.496 e. The quantitative estimate of drug-likeness (QED) is 0.301. The van der Waals surface area contributed by atoms with Crippen LogP contribution < -0.4 is 14.9 Å². The summed E-state index contributed by atoms with van der Waals surface area (Å²) in [6, 6.07) is 22.7. The van der Waals surface area contributed by atoms with Crippen LogP contribution in [-0.2, 0) is 6.61 Å². The molecule has 0 aliphatic carbocycles. The summed E-state index contributed by atoms with van der Waals surface area (Å²) >= 11 is 2.12. The first-order valence-corrected chi connectivity index (χ1v) is 9.67. The molecular weight excluding hydrogens is 467 g/mol. The van der Waals surface area contributed by atoms with Gasteiger partial charge in [-0.2, -0.15) is 5.10 Å². The number of carbonyl (C=O) groups is 1. The van der Waals surface area contributed by atoms with Gasteiger partial charge < -0.3 is 9.47 Å². The van der Waals surface area contributed by atoms with Crippen LogP contribution in [0, 0.1) is 3.57 Å². The smallest absolute Gasteiger partial charge is 0.271 e. The molecule has 0 aliphatic rings. The molecule has 3 aromatic rings. The zero-order valence-corrected chi connectivity index (χ0v) is 17.4. The maximum Gasteiger partial charge on any atom is 0.271 e. The van der Waals surface area contributed by atoms with Gasteiger partial charge in [0.2, 0.25) is 0 Å². The number of hydrazone groups is 1. The Morgan fingerprint density at radius 1 is 1.07 bits per heavy atom. The van der Waals surface area contributed by atoms with E-state index in [9.17, 15) is 4.79 Å². The van der Waals surface area contributed by atoms with Crippen molar-refractivity contribution in [2.45, 2.75) is 6.61 Å². The van der Waals surface area contributed by atoms with Gasteiger partial charge in [0, 0.05) is 5.56 Å². The van der Waals surface area contributed by atoms with Crippen LogP contribution in [0.3, 0.4) is 0 Å². The first-order valence-electron chi connectivity index (χ1n) is 8.59. The third-order valence-corrected chi connectivity index (χ3v) is 4.74. The molecule has 6 heteroatoms. The lowest BCUT2D eigenvalue weighted by molar-refractivity contribution is 0.0955. The Bertz CT molecular complexity index is 975. The lowest BCUT2D eigenvalue weighted by Crippen LogP contribution is -2.17. The van der Waals surface area contributed by atoms with E-state index in [-0.39, 0.29) is 5.91 Å². The summed E-state index contributed by atoms with van der Waals surface area (Å²) in [7, 11) is 1.60. The lowest BCUT2D eigenvalue weighted by Gasteiger charge is -2.07. The van der Waals surface area contributed by atoms with Crippen LogP contribution in [0.25, 0.3) is 0 Å². The SMILES string of the molecule is COc1ccc(C(=O)N/N=C\c2cccc(OCc3ccccc3)c2)cc1I. The van der Waals surface area contributed by atoms with Crippen LogP contribution in [0.1, 0.15) is 21.5 Å². The summed E-state index contributed by atoms with van der Waals surface area (Å²) in [5.41, 5.74) is 4.98. The Kier molecular flexibility index (Phi) is 7.02. The van der Waals surface area contributed by atoms with Crippen molar-refractivity contribution < 1.29 is 14.3 Å². The number of benzene rings is 3. The summed E-state index contributed by atoms with van der Waals surface area (Å²) in [4.78, 5) is 12.2. The highest BCUT2D eigenvalue weighted by Gasteiger charge is 2.07. The fraction of sp³-hybridized carbons (Fsp3) is 0.0909. The number of halogens is 1. The van der Waals surface area contributed by atoms with Crippen LogP contribution in [0.4, 0.5) is 0 Å². The van der Waals surface area contributed by atoms with Crippen molar-refractivity contribution in [3.8, 4) is 11.5 Å². The molecule has 3 rings (SSSR count). The lowest BCUT2D eigenvalue weighted by atomic mass is 10.2. The van der Waals surface area contributed by atoms with Gasteiger partial charge in [0.25, 0.3) is 5.91 Å². The van der Waals surface area contributed by atoms with E-state index >= 15 is 0 Å². The zero-order valence-electron chi connectivity index (χ0n) is 15.3. The fourth-order valence-electron chi connectivity index (χ4n) is 2.46. The molecule has 1 amide bonds. The minimum absolute atomic E-state index is 0.284. The number of methoxy groups -OCH3 is 1. The third kappa shape index (κ3) is 5.56. The van der Waals surface area contributed by atoms with Gasteiger partial charge in [-0.05, 0) is 64.0 Å². The molecule has 1 N–H and O–H groups in total. The van der Waals surface area contributed by atoms with Gasteiger partial charge in [-0.15, -0.1) is 0 Å². The van der Waals surface area contributed by atoms with Gasteiger partial charge in [0.1, 0.15) is 18.1 Å². The number of nitrogens with zero attached hydrogens (tertiary/aromatic N) is 1. The molecule has 0 heterocycles. The van der Waals surface area contributed by atoms with Gasteiger partial charge in [0.15, 0.2) is 0 Å². The molecule has 0 aromatic heterocycles. The van der Waals surface area contributed by atoms with E-state index < -0.39 is 0 Å². The van der Waals surface area contributed by atoms with E-state index in [1.165, 1.54) is 0 Å². The number of amides is 1. The van der Waals surface area contributed by atoms with Gasteiger partial charge in [-0.25, -0.2) is 5.43 Å². The van der Waals surface area contributed by atoms with Crippen molar-refractivity contribution in [3.05, 3.63) is 93.1 Å². The highest BCUT2D eigenvalue weighted by molar-refractivity contribution is 14.1. The third-order valence-electron chi connectivity index (χ3n) is 3.90. The monoisotopic (exact) mass is 486 g/mol. The van der Waals surface area contributed by atoms with Crippen LogP contribution in [-0.4, -0.2) is 19.2 Å². The summed E-state index contributed by atoms with van der Waals surface area (Å²) in [5, 5.41) is 4.04. The van der Waals surface area contributed by atoms with E-state index in [1.54, 1.807) is 31.5 Å². The molecule has 5 nitrogen and oxygen atoms in total. The second-order valence-corrected chi connectivity index (χ2v) is 7.06. The van der Waals surface area contributed by atoms with Gasteiger partial charge in [-0.3, -0.25) is 4.79 Å². The van der Waals surface area contributed by atoms with Crippen molar-refractivity contribution in [1.82, 2.24) is 5.43 Å². The van der Waals surface area contributed by atoms with Gasteiger partial charge in [0.05, 0.1) is 16.9 Å². The predicted molar refractivity (Wildman–Crippen MR) is 118 cm³/mol. The summed E-state index contributed by atoms with van der Waals surface area (Å²) in [6.45, 7) is 0.494. The Hall–Kier alpha value is -2.87. The number of ether oxygens (including phenoxy) is 2. The maximum atomic E-state index is 12.2. The topological polar surface area (TPSA) is 59.9 Å². The van der Waals surface area contributed by atoms with Crippen molar-refractivity contribution in [1.29, 1.82) is 0 Å². The molecule has 0 atom stereocenters. The average molecular weight is 486 g/mol. The Balaban J connectivity index is 1.58. The second kappa shape index (κ2) is 9.89. The normalized spacial score (nSPS) is 10.6. The Labute approximate surface area is 177 Å². The van der Waals surface area contributed by atoms with E-state index in [1.807, 2.05) is 54.6 Å². The molecule has 0 radical (unpaired) electrons. The molecule has 0 unspecified atom stereocenters. The molecule has 0 saturated heterocycles. The van der Waals surface area contributed by atoms with E-state index in [0.717, 1.165) is 26.2 Å². The minimum Gasteiger partial charge on any atom is -0.496 e. The number of hydrogen-bond donors (Lipinski definition) is 1. The highest BCUT2D eigenvalue weighted by atomic mass is 127. The number of nitrogens with one attached hydrogen (secondary N) is 1. The van der Waals surface area contributed by atoms with Crippen molar-refractivity contribution in [3.63, 3.8) is 0 Å². The number of hydrogen-bond acceptors (Lipinski definition) is 4. The van der Waals surface area contributed by atoms with Crippen LogP contribution >= 0.6 is 22.6 Å². The Morgan fingerprint density at radius 2 is 1.89 bits per heavy atom. The maximum absolute atomic E-state index is 12.2. The van der Waals surface area contributed by atoms with E-state index in [4.69, 9.17) is 9.47 Å². The number of carbonyl (C=O) groups excluding carboxylic acids is 1. The van der Waals surface area contributed by atoms with Gasteiger partial charge in [-0.1, -0.05) is 42.5 Å². The summed E-state index contributed by atoms with van der Waals surface area (Å²) in [5.74, 6) is 1.19. The highest BCUT2D eigenvalue weighted by Crippen LogP contribution is 2.21. The standard InChI is InChI=1S/C22H19IN2O3/c1-27-21-11-10-18(13-20(21)23)22(26)25-24-14-17-8-5-9-19(12-17)28-15-16-6-3-2-4-7-16/h2-14H,15H2,1H3,(H,25,26)/b24-14-. The second-order valence-electron chi connectivity index (χ2n) is 5.90. The van der Waals surface area contributed by atoms with Crippen LogP contribution in [0.2, 0.25) is 0 Å². The zero-order chi connectivity index (χ0) is 19.8. The molecule has 0 aliphatic heterocycles. The van der Waals surface area contributed by atoms with Crippen molar-refractivity contribution >= 4 is 34.7 Å². The molecule has 0 fully saturated rings. The molecule has 142 valence electrons. The first kappa shape index (κ1) is 19.9. The predicted octanol–water partition coefficient (Wildman–Crippen LogP) is 4.64. The van der Waals surface area contributed by atoms with Crippen LogP contribution in [0.15, 0.2) is 77.9 Å². The fourth-order valence-corrected chi connectivity index (χ4v) is 3.20. The Morgan fingerprint density at radius 3 is 2.64 bits per heavy atom. The molecule has 3 aromatic carbocycles. The average Bonchev–Trinajstić information content (AvgIpc) is 2.73. The van der Waals surface area contributed by atoms with Crippen molar-refractivity contribution in [2.75, 3.05) is 7.11 Å². The summed E-state index contributed by atoms with van der Waals surface area (Å²) < 4.78 is 11.9. The minimum atomic E-state index is -0.284. The van der Waals surface area contributed by atoms with E-state index in [2.05, 4.69) is 33.1 Å². The van der Waals surface area contributed by atoms with E-state index in [0.29, 0.717) is 12.2 Å². The molecule has 28 heavy (non-hydrogen) atoms. The number of rotatable bonds is 7. The molecular formula is C22H19IN2O3. The molecule has 0 bridgehead atoms. The van der Waals surface area contributed by atoms with Crippen molar-refractivity contribution in [2.24, 2.45) is 5.10 Å². The summed E-state index contributed by atoms with van der Waals surface area (Å²) in [6.07, 6.45) is 1.59.